The van der Waals surface area contributed by atoms with Gasteiger partial charge in [-0.2, -0.15) is 0 Å². The highest BCUT2D eigenvalue weighted by atomic mass is 16.5. The number of Topliss-reactive ketones (excluding diaryl/α,β-unsaturated/α-hetero) is 1. The van der Waals surface area contributed by atoms with E-state index in [1.165, 1.54) is 0 Å². The minimum Gasteiger partial charge on any atom is -0.497 e. The molecule has 92 valence electrons. The van der Waals surface area contributed by atoms with Crippen molar-refractivity contribution in [2.75, 3.05) is 20.2 Å². The summed E-state index contributed by atoms with van der Waals surface area (Å²) in [4.78, 5) is 12.5. The van der Waals surface area contributed by atoms with Crippen LogP contribution in [0.2, 0.25) is 0 Å². The predicted molar refractivity (Wildman–Crippen MR) is 67.5 cm³/mol. The first-order chi connectivity index (χ1) is 8.15. The predicted octanol–water partition coefficient (Wildman–Crippen LogP) is 2.27. The molecule has 3 heteroatoms. The van der Waals surface area contributed by atoms with E-state index < -0.39 is 0 Å². The number of carbonyl (C=O) groups excluding carboxylic acids is 1. The van der Waals surface area contributed by atoms with Crippen LogP contribution in [0.4, 0.5) is 0 Å². The second-order valence-corrected chi connectivity index (χ2v) is 4.87. The fourth-order valence-corrected chi connectivity index (χ4v) is 2.32. The Balaban J connectivity index is 2.23. The highest BCUT2D eigenvalue weighted by Crippen LogP contribution is 2.32. The number of carbonyl (C=O) groups is 1. The summed E-state index contributed by atoms with van der Waals surface area (Å²) in [6.45, 7) is 3.91. The van der Waals surface area contributed by atoms with E-state index in [9.17, 15) is 4.79 Å². The molecule has 2 rings (SSSR count). The molecule has 1 heterocycles. The molecule has 0 atom stereocenters. The molecule has 1 fully saturated rings. The quantitative estimate of drug-likeness (QED) is 0.814. The molecule has 1 saturated heterocycles. The van der Waals surface area contributed by atoms with Crippen LogP contribution in [0, 0.1) is 5.41 Å². The van der Waals surface area contributed by atoms with Crippen LogP contribution in [0.5, 0.6) is 5.75 Å². The van der Waals surface area contributed by atoms with E-state index in [0.29, 0.717) is 0 Å². The van der Waals surface area contributed by atoms with E-state index in [-0.39, 0.29) is 11.2 Å². The van der Waals surface area contributed by atoms with Crippen LogP contribution in [0.25, 0.3) is 0 Å². The van der Waals surface area contributed by atoms with Crippen molar-refractivity contribution in [3.8, 4) is 5.75 Å². The molecular weight excluding hydrogens is 214 g/mol. The number of piperidine rings is 1. The third kappa shape index (κ3) is 2.50. The van der Waals surface area contributed by atoms with Crippen LogP contribution in [0.1, 0.15) is 30.1 Å². The third-order valence-electron chi connectivity index (χ3n) is 3.59. The maximum atomic E-state index is 12.5. The molecular formula is C14H19NO2. The summed E-state index contributed by atoms with van der Waals surface area (Å²) in [6.07, 6.45) is 1.81. The van der Waals surface area contributed by atoms with Crippen molar-refractivity contribution < 1.29 is 9.53 Å². The van der Waals surface area contributed by atoms with Gasteiger partial charge in [0.05, 0.1) is 7.11 Å². The molecule has 0 spiro atoms. The third-order valence-corrected chi connectivity index (χ3v) is 3.59. The van der Waals surface area contributed by atoms with Gasteiger partial charge in [-0.3, -0.25) is 4.79 Å². The lowest BCUT2D eigenvalue weighted by Gasteiger charge is -2.32. The summed E-state index contributed by atoms with van der Waals surface area (Å²) in [7, 11) is 1.62. The van der Waals surface area contributed by atoms with Gasteiger partial charge in [0.25, 0.3) is 0 Å². The first kappa shape index (κ1) is 12.1. The lowest BCUT2D eigenvalue weighted by Crippen LogP contribution is -2.40. The zero-order valence-electron chi connectivity index (χ0n) is 10.5. The van der Waals surface area contributed by atoms with Crippen molar-refractivity contribution in [3.05, 3.63) is 29.8 Å². The molecule has 1 aliphatic heterocycles. The molecule has 0 aliphatic carbocycles. The van der Waals surface area contributed by atoms with Crippen molar-refractivity contribution >= 4 is 5.78 Å². The van der Waals surface area contributed by atoms with E-state index in [0.717, 1.165) is 37.2 Å². The van der Waals surface area contributed by atoms with Gasteiger partial charge in [0.2, 0.25) is 0 Å². The number of ketones is 1. The highest BCUT2D eigenvalue weighted by molar-refractivity contribution is 6.00. The van der Waals surface area contributed by atoms with Gasteiger partial charge >= 0.3 is 0 Å². The van der Waals surface area contributed by atoms with E-state index in [2.05, 4.69) is 12.2 Å². The van der Waals surface area contributed by atoms with Crippen molar-refractivity contribution in [3.63, 3.8) is 0 Å². The minimum absolute atomic E-state index is 0.225. The maximum absolute atomic E-state index is 12.5. The molecule has 0 radical (unpaired) electrons. The number of hydrogen-bond donors (Lipinski definition) is 1. The molecule has 1 aromatic rings. The number of rotatable bonds is 3. The molecule has 0 amide bonds. The number of nitrogens with one attached hydrogen (secondary N) is 1. The van der Waals surface area contributed by atoms with Crippen LogP contribution in [-0.2, 0) is 0 Å². The Morgan fingerprint density at radius 3 is 2.71 bits per heavy atom. The topological polar surface area (TPSA) is 38.3 Å². The first-order valence-electron chi connectivity index (χ1n) is 6.05. The first-order valence-corrected chi connectivity index (χ1v) is 6.05. The molecule has 17 heavy (non-hydrogen) atoms. The lowest BCUT2D eigenvalue weighted by atomic mass is 9.75. The molecule has 0 saturated carbocycles. The summed E-state index contributed by atoms with van der Waals surface area (Å²) in [6, 6.07) is 7.44. The fourth-order valence-electron chi connectivity index (χ4n) is 2.32. The Morgan fingerprint density at radius 2 is 2.06 bits per heavy atom. The van der Waals surface area contributed by atoms with E-state index in [1.807, 2.05) is 24.3 Å². The average molecular weight is 233 g/mol. The van der Waals surface area contributed by atoms with E-state index in [4.69, 9.17) is 4.74 Å². The SMILES string of the molecule is COc1cccc(C(=O)C2(C)CCNCC2)c1. The average Bonchev–Trinajstić information content (AvgIpc) is 2.39. The van der Waals surface area contributed by atoms with Crippen LogP contribution in [0.3, 0.4) is 0 Å². The Kier molecular flexibility index (Phi) is 3.48. The number of benzene rings is 1. The van der Waals surface area contributed by atoms with Gasteiger partial charge < -0.3 is 10.1 Å². The zero-order valence-corrected chi connectivity index (χ0v) is 10.5. The zero-order chi connectivity index (χ0) is 12.3. The summed E-state index contributed by atoms with van der Waals surface area (Å²) < 4.78 is 5.16. The number of methoxy groups -OCH3 is 1. The van der Waals surface area contributed by atoms with Crippen LogP contribution < -0.4 is 10.1 Å². The molecule has 1 aromatic carbocycles. The normalized spacial score (nSPS) is 18.7. The summed E-state index contributed by atoms with van der Waals surface area (Å²) in [5, 5.41) is 3.29. The molecule has 3 nitrogen and oxygen atoms in total. The van der Waals surface area contributed by atoms with Gasteiger partial charge in [0.1, 0.15) is 5.75 Å². The minimum atomic E-state index is -0.225. The Morgan fingerprint density at radius 1 is 1.35 bits per heavy atom. The van der Waals surface area contributed by atoms with Crippen molar-refractivity contribution in [2.45, 2.75) is 19.8 Å². The van der Waals surface area contributed by atoms with Crippen molar-refractivity contribution in [2.24, 2.45) is 5.41 Å². The highest BCUT2D eigenvalue weighted by Gasteiger charge is 2.35. The molecule has 1 aliphatic rings. The summed E-state index contributed by atoms with van der Waals surface area (Å²) >= 11 is 0. The van der Waals surface area contributed by atoms with Crippen LogP contribution in [0.15, 0.2) is 24.3 Å². The Hall–Kier alpha value is -1.35. The van der Waals surface area contributed by atoms with E-state index >= 15 is 0 Å². The Labute approximate surface area is 102 Å². The van der Waals surface area contributed by atoms with Crippen molar-refractivity contribution in [1.29, 1.82) is 0 Å². The summed E-state index contributed by atoms with van der Waals surface area (Å²) in [5.74, 6) is 0.978. The molecule has 0 aromatic heterocycles. The molecule has 1 N–H and O–H groups in total. The maximum Gasteiger partial charge on any atom is 0.168 e. The monoisotopic (exact) mass is 233 g/mol. The van der Waals surface area contributed by atoms with Gasteiger partial charge in [0.15, 0.2) is 5.78 Å². The van der Waals surface area contributed by atoms with E-state index in [1.54, 1.807) is 7.11 Å². The number of hydrogen-bond acceptors (Lipinski definition) is 3. The van der Waals surface area contributed by atoms with Gasteiger partial charge in [0, 0.05) is 11.0 Å². The number of ether oxygens (including phenoxy) is 1. The van der Waals surface area contributed by atoms with Crippen molar-refractivity contribution in [1.82, 2.24) is 5.32 Å². The fraction of sp³-hybridized carbons (Fsp3) is 0.500. The standard InChI is InChI=1S/C14H19NO2/c1-14(6-8-15-9-7-14)13(16)11-4-3-5-12(10-11)17-2/h3-5,10,15H,6-9H2,1-2H3. The summed E-state index contributed by atoms with van der Waals surface area (Å²) in [5.41, 5.74) is 0.534. The second kappa shape index (κ2) is 4.88. The smallest absolute Gasteiger partial charge is 0.168 e. The van der Waals surface area contributed by atoms with Crippen LogP contribution in [-0.4, -0.2) is 26.0 Å². The van der Waals surface area contributed by atoms with Gasteiger partial charge in [-0.25, -0.2) is 0 Å². The van der Waals surface area contributed by atoms with Crippen LogP contribution >= 0.6 is 0 Å². The molecule has 0 bridgehead atoms. The Bertz CT molecular complexity index is 408. The van der Waals surface area contributed by atoms with Gasteiger partial charge in [-0.1, -0.05) is 19.1 Å². The lowest BCUT2D eigenvalue weighted by molar-refractivity contribution is 0.0762. The second-order valence-electron chi connectivity index (χ2n) is 4.87. The largest absolute Gasteiger partial charge is 0.497 e. The molecule has 0 unspecified atom stereocenters. The van der Waals surface area contributed by atoms with Gasteiger partial charge in [-0.05, 0) is 38.1 Å². The van der Waals surface area contributed by atoms with Gasteiger partial charge in [-0.15, -0.1) is 0 Å².